The van der Waals surface area contributed by atoms with Gasteiger partial charge in [-0.1, -0.05) is 12.1 Å². The second-order valence-electron chi connectivity index (χ2n) is 6.59. The van der Waals surface area contributed by atoms with Gasteiger partial charge in [-0.2, -0.15) is 0 Å². The van der Waals surface area contributed by atoms with Crippen molar-refractivity contribution < 1.29 is 9.53 Å². The molecular formula is C18H24N4O2. The van der Waals surface area contributed by atoms with Gasteiger partial charge in [0.15, 0.2) is 0 Å². The number of aryl methyl sites for hydroxylation is 1. The molecule has 1 aromatic carbocycles. The Balaban J connectivity index is 2.05. The van der Waals surface area contributed by atoms with Gasteiger partial charge >= 0.3 is 0 Å². The molecule has 0 atom stereocenters. The summed E-state index contributed by atoms with van der Waals surface area (Å²) < 4.78 is 5.12. The number of hydrogen-bond acceptors (Lipinski definition) is 5. The number of aromatic nitrogens is 2. The van der Waals surface area contributed by atoms with E-state index in [1.165, 1.54) is 0 Å². The highest BCUT2D eigenvalue weighted by atomic mass is 16.5. The number of rotatable bonds is 5. The Hall–Kier alpha value is -2.63. The summed E-state index contributed by atoms with van der Waals surface area (Å²) in [6.07, 6.45) is 0. The molecular weight excluding hydrogens is 304 g/mol. The summed E-state index contributed by atoms with van der Waals surface area (Å²) in [5.41, 5.74) is 1.20. The Morgan fingerprint density at radius 1 is 1.17 bits per heavy atom. The first-order valence-corrected chi connectivity index (χ1v) is 7.82. The minimum absolute atomic E-state index is 0.141. The normalized spacial score (nSPS) is 11.0. The summed E-state index contributed by atoms with van der Waals surface area (Å²) >= 11 is 0. The fraction of sp³-hybridized carbons (Fsp3) is 0.389. The van der Waals surface area contributed by atoms with Gasteiger partial charge in [0.1, 0.15) is 23.1 Å². The lowest BCUT2D eigenvalue weighted by Crippen LogP contribution is -2.28. The summed E-state index contributed by atoms with van der Waals surface area (Å²) in [6.45, 7) is 8.30. The SMILES string of the molecule is COc1ccc(CNC(=O)c2cc(NC(C)(C)C)nc(C)n2)cc1. The highest BCUT2D eigenvalue weighted by Crippen LogP contribution is 2.14. The molecule has 0 radical (unpaired) electrons. The molecule has 0 aliphatic rings. The standard InChI is InChI=1S/C18H24N4O2/c1-12-20-15(10-16(21-12)22-18(2,3)4)17(23)19-11-13-6-8-14(24-5)9-7-13/h6-10H,11H2,1-5H3,(H,19,23)(H,20,21,22). The van der Waals surface area contributed by atoms with E-state index in [1.54, 1.807) is 20.1 Å². The third-order valence-corrected chi connectivity index (χ3v) is 3.19. The lowest BCUT2D eigenvalue weighted by molar-refractivity contribution is 0.0945. The van der Waals surface area contributed by atoms with Crippen molar-refractivity contribution in [3.05, 3.63) is 47.4 Å². The number of carbonyl (C=O) groups excluding carboxylic acids is 1. The average molecular weight is 328 g/mol. The van der Waals surface area contributed by atoms with Gasteiger partial charge in [0.05, 0.1) is 7.11 Å². The fourth-order valence-corrected chi connectivity index (χ4v) is 2.15. The predicted molar refractivity (Wildman–Crippen MR) is 94.3 cm³/mol. The molecule has 1 amide bonds. The fourth-order valence-electron chi connectivity index (χ4n) is 2.15. The third-order valence-electron chi connectivity index (χ3n) is 3.19. The molecule has 1 heterocycles. The first-order chi connectivity index (χ1) is 11.3. The highest BCUT2D eigenvalue weighted by Gasteiger charge is 2.14. The van der Waals surface area contributed by atoms with Crippen LogP contribution in [0.15, 0.2) is 30.3 Å². The van der Waals surface area contributed by atoms with Crippen LogP contribution in [0.25, 0.3) is 0 Å². The summed E-state index contributed by atoms with van der Waals surface area (Å²) in [5.74, 6) is 1.76. The first-order valence-electron chi connectivity index (χ1n) is 7.82. The molecule has 0 spiro atoms. The van der Waals surface area contributed by atoms with Gasteiger partial charge in [0.2, 0.25) is 0 Å². The van der Waals surface area contributed by atoms with Crippen molar-refractivity contribution in [3.63, 3.8) is 0 Å². The second-order valence-corrected chi connectivity index (χ2v) is 6.59. The van der Waals surface area contributed by atoms with E-state index in [2.05, 4.69) is 20.6 Å². The Kier molecular flexibility index (Phi) is 5.39. The van der Waals surface area contributed by atoms with E-state index < -0.39 is 0 Å². The molecule has 2 rings (SSSR count). The zero-order valence-electron chi connectivity index (χ0n) is 14.8. The van der Waals surface area contributed by atoms with Crippen molar-refractivity contribution in [1.82, 2.24) is 15.3 Å². The van der Waals surface area contributed by atoms with Gasteiger partial charge in [-0.05, 0) is 45.4 Å². The monoisotopic (exact) mass is 328 g/mol. The van der Waals surface area contributed by atoms with Crippen molar-refractivity contribution in [1.29, 1.82) is 0 Å². The van der Waals surface area contributed by atoms with Gasteiger partial charge in [0.25, 0.3) is 5.91 Å². The maximum absolute atomic E-state index is 12.4. The topological polar surface area (TPSA) is 76.1 Å². The smallest absolute Gasteiger partial charge is 0.270 e. The van der Waals surface area contributed by atoms with E-state index in [0.29, 0.717) is 23.9 Å². The highest BCUT2D eigenvalue weighted by molar-refractivity contribution is 5.92. The number of benzene rings is 1. The summed E-state index contributed by atoms with van der Waals surface area (Å²) in [7, 11) is 1.62. The van der Waals surface area contributed by atoms with Crippen LogP contribution in [0.4, 0.5) is 5.82 Å². The molecule has 0 bridgehead atoms. The molecule has 128 valence electrons. The van der Waals surface area contributed by atoms with Crippen LogP contribution in [0.3, 0.4) is 0 Å². The summed E-state index contributed by atoms with van der Waals surface area (Å²) in [6, 6.07) is 9.22. The van der Waals surface area contributed by atoms with Gasteiger partial charge in [0, 0.05) is 18.2 Å². The van der Waals surface area contributed by atoms with E-state index >= 15 is 0 Å². The lowest BCUT2D eigenvalue weighted by atomic mass is 10.1. The zero-order valence-corrected chi connectivity index (χ0v) is 14.8. The van der Waals surface area contributed by atoms with Gasteiger partial charge < -0.3 is 15.4 Å². The molecule has 2 N–H and O–H groups in total. The predicted octanol–water partition coefficient (Wildman–Crippen LogP) is 2.93. The van der Waals surface area contributed by atoms with Crippen molar-refractivity contribution >= 4 is 11.7 Å². The molecule has 0 saturated carbocycles. The number of hydrogen-bond donors (Lipinski definition) is 2. The number of nitrogens with one attached hydrogen (secondary N) is 2. The maximum Gasteiger partial charge on any atom is 0.270 e. The van der Waals surface area contributed by atoms with Gasteiger partial charge in [-0.15, -0.1) is 0 Å². The van der Waals surface area contributed by atoms with Crippen LogP contribution in [-0.2, 0) is 6.54 Å². The molecule has 1 aromatic heterocycles. The minimum atomic E-state index is -0.228. The Labute approximate surface area is 142 Å². The molecule has 6 heteroatoms. The van der Waals surface area contributed by atoms with Crippen LogP contribution in [0.2, 0.25) is 0 Å². The molecule has 0 aliphatic heterocycles. The Morgan fingerprint density at radius 2 is 1.83 bits per heavy atom. The first kappa shape index (κ1) is 17.7. The third kappa shape index (κ3) is 5.22. The van der Waals surface area contributed by atoms with E-state index in [0.717, 1.165) is 11.3 Å². The number of methoxy groups -OCH3 is 1. The largest absolute Gasteiger partial charge is 0.497 e. The van der Waals surface area contributed by atoms with E-state index in [4.69, 9.17) is 4.74 Å². The maximum atomic E-state index is 12.4. The van der Waals surface area contributed by atoms with E-state index in [9.17, 15) is 4.79 Å². The van der Waals surface area contributed by atoms with Gasteiger partial charge in [-0.3, -0.25) is 4.79 Å². The number of carbonyl (C=O) groups is 1. The number of anilines is 1. The second kappa shape index (κ2) is 7.29. The van der Waals surface area contributed by atoms with Crippen molar-refractivity contribution in [2.75, 3.05) is 12.4 Å². The van der Waals surface area contributed by atoms with Crippen LogP contribution in [0.1, 0.15) is 42.6 Å². The average Bonchev–Trinajstić information content (AvgIpc) is 2.50. The van der Waals surface area contributed by atoms with Crippen molar-refractivity contribution in [3.8, 4) is 5.75 Å². The van der Waals surface area contributed by atoms with Crippen molar-refractivity contribution in [2.45, 2.75) is 39.8 Å². The quantitative estimate of drug-likeness (QED) is 0.882. The van der Waals surface area contributed by atoms with Crippen LogP contribution >= 0.6 is 0 Å². The summed E-state index contributed by atoms with van der Waals surface area (Å²) in [4.78, 5) is 20.9. The minimum Gasteiger partial charge on any atom is -0.497 e. The molecule has 0 aliphatic carbocycles. The molecule has 0 saturated heterocycles. The molecule has 6 nitrogen and oxygen atoms in total. The Morgan fingerprint density at radius 3 is 2.42 bits per heavy atom. The number of amides is 1. The zero-order chi connectivity index (χ0) is 17.7. The summed E-state index contributed by atoms with van der Waals surface area (Å²) in [5, 5.41) is 6.13. The number of nitrogens with zero attached hydrogens (tertiary/aromatic N) is 2. The molecule has 0 fully saturated rings. The molecule has 2 aromatic rings. The lowest BCUT2D eigenvalue weighted by Gasteiger charge is -2.21. The Bertz CT molecular complexity index is 706. The van der Waals surface area contributed by atoms with E-state index in [-0.39, 0.29) is 11.4 Å². The molecule has 24 heavy (non-hydrogen) atoms. The van der Waals surface area contributed by atoms with Crippen LogP contribution in [0.5, 0.6) is 5.75 Å². The van der Waals surface area contributed by atoms with Crippen LogP contribution in [0, 0.1) is 6.92 Å². The van der Waals surface area contributed by atoms with Gasteiger partial charge in [-0.25, -0.2) is 9.97 Å². The molecule has 0 unspecified atom stereocenters. The number of ether oxygens (including phenoxy) is 1. The van der Waals surface area contributed by atoms with Crippen molar-refractivity contribution in [2.24, 2.45) is 0 Å². The van der Waals surface area contributed by atoms with E-state index in [1.807, 2.05) is 45.0 Å². The van der Waals surface area contributed by atoms with Crippen LogP contribution < -0.4 is 15.4 Å². The van der Waals surface area contributed by atoms with Crippen LogP contribution in [-0.4, -0.2) is 28.5 Å².